The number of aliphatic hydroxyl groups excluding tert-OH is 1. The molecule has 0 aliphatic rings. The van der Waals surface area contributed by atoms with E-state index in [1.165, 1.54) is 289 Å². The zero-order chi connectivity index (χ0) is 57.0. The van der Waals surface area contributed by atoms with Gasteiger partial charge in [0, 0.05) is 6.42 Å². The molecule has 0 spiro atoms. The molecule has 0 bridgehead atoms. The molecule has 0 aromatic carbocycles. The standard InChI is InChI=1S/C69H135N2O6P/c1-6-8-10-12-14-16-18-20-22-24-26-28-30-32-34-35-37-39-41-43-45-47-49-51-53-55-57-59-61-63-69(73)70-67(66-77-78(74,75)76-65-64-71(3,4)5)68(72)62-60-58-56-54-52-50-48-46-44-42-40-38-36-33-31-29-27-25-23-21-19-17-15-13-11-9-7-2/h24,26,52,54,60,62,67-68,72H,6-23,25,27-51,53,55-59,61,63-66H2,1-5H3,(H-,70,73,74,75)/p+1/b26-24-,54-52+,62-60+. The monoisotopic (exact) mass is 1120 g/mol. The van der Waals surface area contributed by atoms with Crippen molar-refractivity contribution in [1.82, 2.24) is 5.32 Å². The Bertz CT molecular complexity index is 1360. The fraction of sp³-hybridized carbons (Fsp3) is 0.899. The van der Waals surface area contributed by atoms with Gasteiger partial charge in [0.05, 0.1) is 39.9 Å². The molecule has 0 radical (unpaired) electrons. The highest BCUT2D eigenvalue weighted by molar-refractivity contribution is 7.47. The molecule has 0 aliphatic carbocycles. The number of aliphatic hydroxyl groups is 1. The molecule has 0 heterocycles. The smallest absolute Gasteiger partial charge is 0.387 e. The largest absolute Gasteiger partial charge is 0.472 e. The number of rotatable bonds is 64. The number of nitrogens with one attached hydrogen (secondary N) is 1. The van der Waals surface area contributed by atoms with Crippen LogP contribution >= 0.6 is 7.82 Å². The van der Waals surface area contributed by atoms with Crippen LogP contribution in [0.2, 0.25) is 0 Å². The highest BCUT2D eigenvalue weighted by Gasteiger charge is 2.28. The number of nitrogens with zero attached hydrogens (tertiary/aromatic N) is 1. The van der Waals surface area contributed by atoms with E-state index in [1.54, 1.807) is 6.08 Å². The van der Waals surface area contributed by atoms with Crippen molar-refractivity contribution >= 4 is 13.7 Å². The lowest BCUT2D eigenvalue weighted by atomic mass is 10.0. The molecule has 0 saturated carbocycles. The molecule has 78 heavy (non-hydrogen) atoms. The number of phosphoric acid groups is 1. The van der Waals surface area contributed by atoms with Gasteiger partial charge >= 0.3 is 7.82 Å². The summed E-state index contributed by atoms with van der Waals surface area (Å²) in [6, 6.07) is -0.863. The lowest BCUT2D eigenvalue weighted by Gasteiger charge is -2.25. The van der Waals surface area contributed by atoms with E-state index in [-0.39, 0.29) is 19.1 Å². The predicted molar refractivity (Wildman–Crippen MR) is 341 cm³/mol. The molecular formula is C69H136N2O6P+. The average Bonchev–Trinajstić information content (AvgIpc) is 3.41. The predicted octanol–water partition coefficient (Wildman–Crippen LogP) is 21.7. The Balaban J connectivity index is 4.10. The van der Waals surface area contributed by atoms with Crippen molar-refractivity contribution in [3.63, 3.8) is 0 Å². The average molecular weight is 1120 g/mol. The number of hydrogen-bond donors (Lipinski definition) is 3. The van der Waals surface area contributed by atoms with E-state index in [0.717, 1.165) is 38.5 Å². The molecule has 9 heteroatoms. The molecule has 0 saturated heterocycles. The summed E-state index contributed by atoms with van der Waals surface area (Å²) in [4.78, 5) is 23.4. The molecule has 0 aromatic rings. The molecule has 1 amide bonds. The van der Waals surface area contributed by atoms with Crippen LogP contribution in [0.25, 0.3) is 0 Å². The Labute approximate surface area is 487 Å². The van der Waals surface area contributed by atoms with Crippen LogP contribution in [-0.2, 0) is 18.4 Å². The maximum atomic E-state index is 13.0. The minimum atomic E-state index is -4.36. The maximum Gasteiger partial charge on any atom is 0.472 e. The Kier molecular flexibility index (Phi) is 59.3. The Morgan fingerprint density at radius 1 is 0.423 bits per heavy atom. The summed E-state index contributed by atoms with van der Waals surface area (Å²) in [5, 5.41) is 14.0. The molecule has 3 atom stereocenters. The van der Waals surface area contributed by atoms with Crippen LogP contribution in [0.1, 0.15) is 348 Å². The number of carbonyl (C=O) groups is 1. The van der Waals surface area contributed by atoms with Gasteiger partial charge in [-0.1, -0.05) is 320 Å². The van der Waals surface area contributed by atoms with Crippen molar-refractivity contribution in [2.75, 3.05) is 40.9 Å². The Hall–Kier alpha value is -1.28. The number of likely N-dealkylation sites (N-methyl/N-ethyl adjacent to an activating group) is 1. The molecule has 3 unspecified atom stereocenters. The number of amides is 1. The van der Waals surface area contributed by atoms with E-state index in [9.17, 15) is 19.4 Å². The molecule has 8 nitrogen and oxygen atoms in total. The van der Waals surface area contributed by atoms with Crippen molar-refractivity contribution in [1.29, 1.82) is 0 Å². The van der Waals surface area contributed by atoms with Crippen LogP contribution in [0, 0.1) is 0 Å². The number of carbonyl (C=O) groups excluding carboxylic acids is 1. The van der Waals surface area contributed by atoms with Gasteiger partial charge in [0.25, 0.3) is 0 Å². The number of unbranched alkanes of at least 4 members (excludes halogenated alkanes) is 47. The van der Waals surface area contributed by atoms with Crippen LogP contribution in [0.3, 0.4) is 0 Å². The van der Waals surface area contributed by atoms with Gasteiger partial charge in [0.15, 0.2) is 0 Å². The summed E-state index contributed by atoms with van der Waals surface area (Å²) in [7, 11) is 1.57. The SMILES string of the molecule is CCCCCCCCCC/C=C\CCCCCCCCCCCCCCCCCCCC(=O)NC(COP(=O)(O)OCC[N+](C)(C)C)C(O)/C=C/CC/C=C/CCCCCCCCCCCCCCCCCCCCCCC. The van der Waals surface area contributed by atoms with Crippen molar-refractivity contribution in [3.8, 4) is 0 Å². The minimum absolute atomic E-state index is 0.0579. The zero-order valence-electron chi connectivity index (χ0n) is 52.9. The highest BCUT2D eigenvalue weighted by atomic mass is 31.2. The Morgan fingerprint density at radius 2 is 0.705 bits per heavy atom. The van der Waals surface area contributed by atoms with Gasteiger partial charge in [-0.15, -0.1) is 0 Å². The number of quaternary nitrogens is 1. The third-order valence-corrected chi connectivity index (χ3v) is 16.8. The molecule has 462 valence electrons. The fourth-order valence-electron chi connectivity index (χ4n) is 10.5. The molecule has 3 N–H and O–H groups in total. The van der Waals surface area contributed by atoms with Crippen molar-refractivity contribution in [2.45, 2.75) is 360 Å². The number of allylic oxidation sites excluding steroid dienone is 5. The van der Waals surface area contributed by atoms with E-state index >= 15 is 0 Å². The lowest BCUT2D eigenvalue weighted by Crippen LogP contribution is -2.45. The molecule has 0 aliphatic heterocycles. The van der Waals surface area contributed by atoms with Crippen LogP contribution in [0.4, 0.5) is 0 Å². The van der Waals surface area contributed by atoms with Crippen LogP contribution < -0.4 is 5.32 Å². The first kappa shape index (κ1) is 76.7. The van der Waals surface area contributed by atoms with E-state index < -0.39 is 20.0 Å². The summed E-state index contributed by atoms with van der Waals surface area (Å²) in [5.41, 5.74) is 0. The highest BCUT2D eigenvalue weighted by Crippen LogP contribution is 2.43. The number of hydrogen-bond acceptors (Lipinski definition) is 5. The van der Waals surface area contributed by atoms with Gasteiger partial charge in [0.1, 0.15) is 13.2 Å². The first-order valence-corrected chi connectivity index (χ1v) is 35.9. The van der Waals surface area contributed by atoms with E-state index in [1.807, 2.05) is 27.2 Å². The van der Waals surface area contributed by atoms with E-state index in [4.69, 9.17) is 9.05 Å². The summed E-state index contributed by atoms with van der Waals surface area (Å²) in [5.74, 6) is -0.180. The van der Waals surface area contributed by atoms with Crippen LogP contribution in [0.15, 0.2) is 36.5 Å². The summed E-state index contributed by atoms with van der Waals surface area (Å²) in [6.07, 6.45) is 80.1. The van der Waals surface area contributed by atoms with Gasteiger partial charge in [-0.05, 0) is 57.8 Å². The summed E-state index contributed by atoms with van der Waals surface area (Å²) in [6.45, 7) is 4.85. The topological polar surface area (TPSA) is 105 Å². The second-order valence-electron chi connectivity index (χ2n) is 24.9. The lowest BCUT2D eigenvalue weighted by molar-refractivity contribution is -0.870. The van der Waals surface area contributed by atoms with Gasteiger partial charge in [-0.25, -0.2) is 4.57 Å². The molecule has 0 rings (SSSR count). The third-order valence-electron chi connectivity index (χ3n) is 15.8. The normalized spacial score (nSPS) is 13.9. The second-order valence-corrected chi connectivity index (χ2v) is 26.4. The maximum absolute atomic E-state index is 13.0. The third kappa shape index (κ3) is 62.3. The van der Waals surface area contributed by atoms with Gasteiger partial charge in [0.2, 0.25) is 5.91 Å². The van der Waals surface area contributed by atoms with Gasteiger partial charge in [-0.3, -0.25) is 13.8 Å². The van der Waals surface area contributed by atoms with E-state index in [2.05, 4.69) is 43.5 Å². The number of phosphoric ester groups is 1. The zero-order valence-corrected chi connectivity index (χ0v) is 53.8. The fourth-order valence-corrected chi connectivity index (χ4v) is 11.2. The first-order chi connectivity index (χ1) is 38.0. The summed E-state index contributed by atoms with van der Waals surface area (Å²) < 4.78 is 23.8. The first-order valence-electron chi connectivity index (χ1n) is 34.4. The van der Waals surface area contributed by atoms with Crippen LogP contribution in [-0.4, -0.2) is 73.4 Å². The van der Waals surface area contributed by atoms with Crippen molar-refractivity contribution < 1.29 is 32.9 Å². The van der Waals surface area contributed by atoms with E-state index in [0.29, 0.717) is 17.4 Å². The summed E-state index contributed by atoms with van der Waals surface area (Å²) >= 11 is 0. The molecule has 0 fully saturated rings. The Morgan fingerprint density at radius 3 is 1.03 bits per heavy atom. The van der Waals surface area contributed by atoms with Gasteiger partial charge in [-0.2, -0.15) is 0 Å². The van der Waals surface area contributed by atoms with Gasteiger partial charge < -0.3 is 19.8 Å². The minimum Gasteiger partial charge on any atom is -0.387 e. The molecule has 0 aromatic heterocycles. The quantitative estimate of drug-likeness (QED) is 0.0243. The van der Waals surface area contributed by atoms with Crippen molar-refractivity contribution in [3.05, 3.63) is 36.5 Å². The molecular weight excluding hydrogens is 984 g/mol. The van der Waals surface area contributed by atoms with Crippen molar-refractivity contribution in [2.24, 2.45) is 0 Å². The van der Waals surface area contributed by atoms with Crippen LogP contribution in [0.5, 0.6) is 0 Å². The second kappa shape index (κ2) is 60.3.